The zero-order chi connectivity index (χ0) is 11.4. The molecule has 0 aliphatic heterocycles. The first-order valence-corrected chi connectivity index (χ1v) is 4.57. The molecule has 0 unspecified atom stereocenters. The summed E-state index contributed by atoms with van der Waals surface area (Å²) in [6.45, 7) is 1.83. The number of esters is 1. The summed E-state index contributed by atoms with van der Waals surface area (Å²) in [5.41, 5.74) is -0.147. The molecule has 5 heteroatoms. The van der Waals surface area contributed by atoms with Crippen LogP contribution >= 0.6 is 11.6 Å². The number of hydrogen-bond donors (Lipinski definition) is 1. The van der Waals surface area contributed by atoms with Crippen LogP contribution in [0.3, 0.4) is 0 Å². The van der Waals surface area contributed by atoms with Gasteiger partial charge in [0.25, 0.3) is 0 Å². The topological polar surface area (TPSA) is 70.3 Å². The number of ether oxygens (including phenoxy) is 1. The molecule has 15 heavy (non-hydrogen) atoms. The Kier molecular flexibility index (Phi) is 3.53. The molecule has 0 radical (unpaired) electrons. The van der Waals surface area contributed by atoms with Crippen molar-refractivity contribution in [2.24, 2.45) is 0 Å². The number of nitriles is 1. The molecule has 0 aliphatic rings. The van der Waals surface area contributed by atoms with Gasteiger partial charge in [-0.15, -0.1) is 0 Å². The molecule has 1 N–H and O–H groups in total. The van der Waals surface area contributed by atoms with Gasteiger partial charge in [-0.05, 0) is 19.1 Å². The molecule has 0 aromatic heterocycles. The number of aromatic hydroxyl groups is 1. The maximum atomic E-state index is 11.3. The Morgan fingerprint density at radius 3 is 2.87 bits per heavy atom. The first kappa shape index (κ1) is 11.3. The minimum absolute atomic E-state index is 0.0504. The molecule has 4 nitrogen and oxygen atoms in total. The van der Waals surface area contributed by atoms with E-state index in [0.717, 1.165) is 0 Å². The van der Waals surface area contributed by atoms with E-state index in [4.69, 9.17) is 21.6 Å². The van der Waals surface area contributed by atoms with Gasteiger partial charge in [0.2, 0.25) is 0 Å². The number of carbonyl (C=O) groups excluding carboxylic acids is 1. The van der Waals surface area contributed by atoms with Crippen molar-refractivity contribution in [2.75, 3.05) is 6.61 Å². The van der Waals surface area contributed by atoms with Crippen molar-refractivity contribution >= 4 is 17.6 Å². The summed E-state index contributed by atoms with van der Waals surface area (Å²) >= 11 is 5.67. The number of rotatable bonds is 2. The van der Waals surface area contributed by atoms with E-state index in [-0.39, 0.29) is 22.8 Å². The molecule has 0 fully saturated rings. The first-order chi connectivity index (χ1) is 7.10. The highest BCUT2D eigenvalue weighted by Crippen LogP contribution is 2.27. The van der Waals surface area contributed by atoms with Crippen LogP contribution in [-0.2, 0) is 4.74 Å². The molecule has 1 aromatic rings. The average molecular weight is 226 g/mol. The summed E-state index contributed by atoms with van der Waals surface area (Å²) in [6, 6.07) is 4.27. The lowest BCUT2D eigenvalue weighted by molar-refractivity contribution is 0.0523. The van der Waals surface area contributed by atoms with Crippen LogP contribution in [0.4, 0.5) is 0 Å². The van der Waals surface area contributed by atoms with E-state index < -0.39 is 11.7 Å². The molecular formula is C10H8ClNO3. The Labute approximate surface area is 91.7 Å². The van der Waals surface area contributed by atoms with Gasteiger partial charge in [-0.25, -0.2) is 4.79 Å². The number of benzene rings is 1. The second-order valence-corrected chi connectivity index (χ2v) is 3.12. The number of phenolic OH excluding ortho intramolecular Hbond substituents is 1. The molecule has 0 spiro atoms. The van der Waals surface area contributed by atoms with E-state index in [9.17, 15) is 9.90 Å². The van der Waals surface area contributed by atoms with Crippen molar-refractivity contribution in [3.8, 4) is 11.8 Å². The van der Waals surface area contributed by atoms with Gasteiger partial charge in [0, 0.05) is 5.02 Å². The Balaban J connectivity index is 3.24. The van der Waals surface area contributed by atoms with E-state index in [1.165, 1.54) is 12.1 Å². The second-order valence-electron chi connectivity index (χ2n) is 2.68. The molecule has 1 rings (SSSR count). The van der Waals surface area contributed by atoms with Gasteiger partial charge in [0.05, 0.1) is 12.2 Å². The lowest BCUT2D eigenvalue weighted by atomic mass is 10.1. The Morgan fingerprint density at radius 1 is 1.67 bits per heavy atom. The SMILES string of the molecule is CCOC(=O)c1cc(Cl)cc(C#N)c1O. The average Bonchev–Trinajstić information content (AvgIpc) is 2.21. The van der Waals surface area contributed by atoms with E-state index in [0.29, 0.717) is 0 Å². The number of carbonyl (C=O) groups is 1. The predicted molar refractivity (Wildman–Crippen MR) is 53.8 cm³/mol. The fraction of sp³-hybridized carbons (Fsp3) is 0.200. The molecule has 0 amide bonds. The summed E-state index contributed by atoms with van der Waals surface area (Å²) in [4.78, 5) is 11.3. The molecular weight excluding hydrogens is 218 g/mol. The van der Waals surface area contributed by atoms with Crippen LogP contribution in [0.1, 0.15) is 22.8 Å². The van der Waals surface area contributed by atoms with Gasteiger partial charge >= 0.3 is 5.97 Å². The Hall–Kier alpha value is -1.73. The van der Waals surface area contributed by atoms with Crippen molar-refractivity contribution < 1.29 is 14.6 Å². The highest BCUT2D eigenvalue weighted by atomic mass is 35.5. The van der Waals surface area contributed by atoms with Crippen LogP contribution < -0.4 is 0 Å². The van der Waals surface area contributed by atoms with E-state index >= 15 is 0 Å². The molecule has 0 saturated carbocycles. The van der Waals surface area contributed by atoms with Crippen LogP contribution in [0, 0.1) is 11.3 Å². The third-order valence-corrected chi connectivity index (χ3v) is 1.91. The Morgan fingerprint density at radius 2 is 2.33 bits per heavy atom. The van der Waals surface area contributed by atoms with Crippen molar-refractivity contribution in [1.29, 1.82) is 5.26 Å². The molecule has 0 bridgehead atoms. The normalized spacial score (nSPS) is 9.40. The molecule has 0 heterocycles. The van der Waals surface area contributed by atoms with Crippen LogP contribution in [-0.4, -0.2) is 17.7 Å². The van der Waals surface area contributed by atoms with Gasteiger partial charge in [0.1, 0.15) is 17.4 Å². The summed E-state index contributed by atoms with van der Waals surface area (Å²) < 4.78 is 4.70. The van der Waals surface area contributed by atoms with Crippen LogP contribution in [0.25, 0.3) is 0 Å². The van der Waals surface area contributed by atoms with Crippen LogP contribution in [0.2, 0.25) is 5.02 Å². The quantitative estimate of drug-likeness (QED) is 0.783. The van der Waals surface area contributed by atoms with Crippen molar-refractivity contribution in [3.05, 3.63) is 28.3 Å². The van der Waals surface area contributed by atoms with E-state index in [2.05, 4.69) is 0 Å². The fourth-order valence-corrected chi connectivity index (χ4v) is 1.27. The predicted octanol–water partition coefficient (Wildman–Crippen LogP) is 2.09. The molecule has 1 aromatic carbocycles. The number of hydrogen-bond acceptors (Lipinski definition) is 4. The Bertz CT molecular complexity index is 437. The van der Waals surface area contributed by atoms with Gasteiger partial charge in [-0.1, -0.05) is 11.6 Å². The van der Waals surface area contributed by atoms with Gasteiger partial charge in [0.15, 0.2) is 0 Å². The highest BCUT2D eigenvalue weighted by Gasteiger charge is 2.16. The van der Waals surface area contributed by atoms with Crippen LogP contribution in [0.15, 0.2) is 12.1 Å². The minimum atomic E-state index is -0.700. The van der Waals surface area contributed by atoms with E-state index in [1.807, 2.05) is 0 Å². The fourth-order valence-electron chi connectivity index (χ4n) is 1.05. The minimum Gasteiger partial charge on any atom is -0.506 e. The summed E-state index contributed by atoms with van der Waals surface area (Å²) in [7, 11) is 0. The monoisotopic (exact) mass is 225 g/mol. The van der Waals surface area contributed by atoms with Gasteiger partial charge in [-0.2, -0.15) is 5.26 Å². The number of halogens is 1. The van der Waals surface area contributed by atoms with Crippen molar-refractivity contribution in [3.63, 3.8) is 0 Å². The van der Waals surface area contributed by atoms with Gasteiger partial charge < -0.3 is 9.84 Å². The molecule has 0 atom stereocenters. The maximum Gasteiger partial charge on any atom is 0.342 e. The zero-order valence-corrected chi connectivity index (χ0v) is 8.71. The number of nitrogens with zero attached hydrogens (tertiary/aromatic N) is 1. The lowest BCUT2D eigenvalue weighted by Gasteiger charge is -2.05. The third kappa shape index (κ3) is 2.39. The summed E-state index contributed by atoms with van der Waals surface area (Å²) in [5.74, 6) is -1.10. The third-order valence-electron chi connectivity index (χ3n) is 1.69. The standard InChI is InChI=1S/C10H8ClNO3/c1-2-15-10(14)8-4-7(11)3-6(5-12)9(8)13/h3-4,13H,2H2,1H3. The summed E-state index contributed by atoms with van der Waals surface area (Å²) in [6.07, 6.45) is 0. The van der Waals surface area contributed by atoms with Crippen LogP contribution in [0.5, 0.6) is 5.75 Å². The largest absolute Gasteiger partial charge is 0.506 e. The highest BCUT2D eigenvalue weighted by molar-refractivity contribution is 6.31. The van der Waals surface area contributed by atoms with E-state index in [1.54, 1.807) is 13.0 Å². The molecule has 0 aliphatic carbocycles. The van der Waals surface area contributed by atoms with Crippen molar-refractivity contribution in [1.82, 2.24) is 0 Å². The smallest absolute Gasteiger partial charge is 0.342 e. The second kappa shape index (κ2) is 4.67. The molecule has 78 valence electrons. The lowest BCUT2D eigenvalue weighted by Crippen LogP contribution is -2.05. The number of phenols is 1. The zero-order valence-electron chi connectivity index (χ0n) is 7.95. The summed E-state index contributed by atoms with van der Waals surface area (Å²) in [5, 5.41) is 18.4. The first-order valence-electron chi connectivity index (χ1n) is 4.19. The van der Waals surface area contributed by atoms with Crippen molar-refractivity contribution in [2.45, 2.75) is 6.92 Å². The van der Waals surface area contributed by atoms with Gasteiger partial charge in [-0.3, -0.25) is 0 Å². The molecule has 0 saturated heterocycles. The maximum absolute atomic E-state index is 11.3.